The lowest BCUT2D eigenvalue weighted by Gasteiger charge is -2.22. The lowest BCUT2D eigenvalue weighted by atomic mass is 10.1. The third kappa shape index (κ3) is 1.67. The van der Waals surface area contributed by atoms with E-state index in [9.17, 15) is 0 Å². The van der Waals surface area contributed by atoms with E-state index in [0.717, 1.165) is 47.7 Å². The highest BCUT2D eigenvalue weighted by Gasteiger charge is 2.37. The summed E-state index contributed by atoms with van der Waals surface area (Å²) in [4.78, 5) is 4.48. The highest BCUT2D eigenvalue weighted by molar-refractivity contribution is 5.64. The van der Waals surface area contributed by atoms with Gasteiger partial charge in [-0.2, -0.15) is 5.10 Å². The summed E-state index contributed by atoms with van der Waals surface area (Å²) in [5.74, 6) is 0.971. The normalized spacial score (nSPS) is 23.5. The lowest BCUT2D eigenvalue weighted by Crippen LogP contribution is -2.22. The van der Waals surface area contributed by atoms with Gasteiger partial charge in [0.1, 0.15) is 11.8 Å². The Bertz CT molecular complexity index is 644. The fourth-order valence-corrected chi connectivity index (χ4v) is 3.34. The number of aromatic nitrogens is 3. The van der Waals surface area contributed by atoms with Crippen LogP contribution in [-0.4, -0.2) is 20.9 Å². The van der Waals surface area contributed by atoms with Crippen LogP contribution >= 0.6 is 0 Å². The van der Waals surface area contributed by atoms with Gasteiger partial charge < -0.3 is 4.74 Å². The molecule has 104 valence electrons. The topological polar surface area (TPSA) is 39.9 Å². The highest BCUT2D eigenvalue weighted by atomic mass is 16.5. The molecule has 2 aromatic rings. The first-order valence-electron chi connectivity index (χ1n) is 7.47. The first-order valence-corrected chi connectivity index (χ1v) is 7.47. The van der Waals surface area contributed by atoms with Crippen molar-refractivity contribution in [3.05, 3.63) is 29.6 Å². The summed E-state index contributed by atoms with van der Waals surface area (Å²) in [6, 6.07) is 4.73. The van der Waals surface area contributed by atoms with Crippen molar-refractivity contribution in [3.8, 4) is 17.1 Å². The van der Waals surface area contributed by atoms with Crippen LogP contribution in [0.1, 0.15) is 43.5 Å². The Hall–Kier alpha value is -1.84. The molecule has 3 heterocycles. The molecule has 1 aliphatic carbocycles. The third-order valence-electron chi connectivity index (χ3n) is 4.53. The van der Waals surface area contributed by atoms with Crippen LogP contribution in [0.15, 0.2) is 18.3 Å². The average molecular weight is 269 g/mol. The van der Waals surface area contributed by atoms with E-state index in [0.29, 0.717) is 12.1 Å². The van der Waals surface area contributed by atoms with Gasteiger partial charge in [0.2, 0.25) is 5.88 Å². The molecule has 4 rings (SSSR count). The molecule has 0 unspecified atom stereocenters. The lowest BCUT2D eigenvalue weighted by molar-refractivity contribution is 0.152. The van der Waals surface area contributed by atoms with Gasteiger partial charge >= 0.3 is 0 Å². The largest absolute Gasteiger partial charge is 0.474 e. The van der Waals surface area contributed by atoms with Crippen LogP contribution in [0.25, 0.3) is 11.3 Å². The standard InChI is InChI=1S/C16H19N3O/c1-3-12-5-4-11(9-17-12)15-10(2)16-19(18-15)13-6-7-14(8-13)20-16/h4-5,9,13-14H,3,6-8H2,1-2H3/t13-,14+/m1/s1. The molecule has 2 atom stereocenters. The molecule has 2 aromatic heterocycles. The Balaban J connectivity index is 1.78. The van der Waals surface area contributed by atoms with E-state index in [2.05, 4.69) is 35.6 Å². The quantitative estimate of drug-likeness (QED) is 0.839. The van der Waals surface area contributed by atoms with E-state index < -0.39 is 0 Å². The van der Waals surface area contributed by atoms with Crippen LogP contribution in [0.5, 0.6) is 5.88 Å². The minimum atomic E-state index is 0.399. The van der Waals surface area contributed by atoms with Crippen molar-refractivity contribution in [2.45, 2.75) is 51.7 Å². The molecule has 0 N–H and O–H groups in total. The summed E-state index contributed by atoms with van der Waals surface area (Å²) in [7, 11) is 0. The molecule has 1 fully saturated rings. The second-order valence-electron chi connectivity index (χ2n) is 5.82. The summed E-state index contributed by atoms with van der Waals surface area (Å²) in [6.07, 6.45) is 6.75. The van der Waals surface area contributed by atoms with Crippen LogP contribution in [0.2, 0.25) is 0 Å². The Morgan fingerprint density at radius 2 is 2.25 bits per heavy atom. The van der Waals surface area contributed by atoms with Crippen molar-refractivity contribution in [2.75, 3.05) is 0 Å². The molecule has 1 saturated carbocycles. The van der Waals surface area contributed by atoms with Crippen molar-refractivity contribution >= 4 is 0 Å². The van der Waals surface area contributed by atoms with Gasteiger partial charge in [0, 0.05) is 29.4 Å². The number of rotatable bonds is 2. The number of pyridine rings is 1. The molecule has 0 amide bonds. The minimum absolute atomic E-state index is 0.399. The maximum Gasteiger partial charge on any atom is 0.215 e. The first-order chi connectivity index (χ1) is 9.76. The maximum absolute atomic E-state index is 6.08. The number of hydrogen-bond donors (Lipinski definition) is 0. The predicted octanol–water partition coefficient (Wildman–Crippen LogP) is 3.30. The molecule has 0 saturated heterocycles. The van der Waals surface area contributed by atoms with Gasteiger partial charge in [-0.3, -0.25) is 4.98 Å². The van der Waals surface area contributed by atoms with E-state index >= 15 is 0 Å². The fourth-order valence-electron chi connectivity index (χ4n) is 3.34. The highest BCUT2D eigenvalue weighted by Crippen LogP contribution is 2.43. The summed E-state index contributed by atoms with van der Waals surface area (Å²) in [5, 5.41) is 4.81. The monoisotopic (exact) mass is 269 g/mol. The van der Waals surface area contributed by atoms with Gasteiger partial charge in [-0.15, -0.1) is 0 Å². The van der Waals surface area contributed by atoms with Gasteiger partial charge in [0.05, 0.1) is 6.04 Å². The molecule has 4 heteroatoms. The second-order valence-corrected chi connectivity index (χ2v) is 5.82. The minimum Gasteiger partial charge on any atom is -0.474 e. The summed E-state index contributed by atoms with van der Waals surface area (Å²) in [5.41, 5.74) is 4.36. The zero-order valence-corrected chi connectivity index (χ0v) is 12.0. The van der Waals surface area contributed by atoms with Crippen LogP contribution < -0.4 is 4.74 Å². The van der Waals surface area contributed by atoms with Crippen molar-refractivity contribution < 1.29 is 4.74 Å². The van der Waals surface area contributed by atoms with E-state index in [1.165, 1.54) is 6.42 Å². The molecular weight excluding hydrogens is 250 g/mol. The number of hydrogen-bond acceptors (Lipinski definition) is 3. The molecule has 4 nitrogen and oxygen atoms in total. The Morgan fingerprint density at radius 3 is 3.00 bits per heavy atom. The van der Waals surface area contributed by atoms with Crippen LogP contribution in [-0.2, 0) is 6.42 Å². The summed E-state index contributed by atoms with van der Waals surface area (Å²) < 4.78 is 8.18. The number of aryl methyl sites for hydroxylation is 1. The average Bonchev–Trinajstić information content (AvgIpc) is 3.03. The second kappa shape index (κ2) is 4.33. The van der Waals surface area contributed by atoms with Crippen molar-refractivity contribution in [1.29, 1.82) is 0 Å². The molecule has 0 radical (unpaired) electrons. The fraction of sp³-hybridized carbons (Fsp3) is 0.500. The van der Waals surface area contributed by atoms with Crippen LogP contribution in [0.3, 0.4) is 0 Å². The predicted molar refractivity (Wildman–Crippen MR) is 76.9 cm³/mol. The van der Waals surface area contributed by atoms with Gasteiger partial charge in [-0.25, -0.2) is 4.68 Å². The van der Waals surface area contributed by atoms with E-state index in [1.807, 2.05) is 6.20 Å². The summed E-state index contributed by atoms with van der Waals surface area (Å²) in [6.45, 7) is 4.22. The molecular formula is C16H19N3O. The first kappa shape index (κ1) is 11.9. The molecule has 0 aromatic carbocycles. The van der Waals surface area contributed by atoms with Gasteiger partial charge in [0.25, 0.3) is 0 Å². The molecule has 0 spiro atoms. The molecule has 20 heavy (non-hydrogen) atoms. The summed E-state index contributed by atoms with van der Waals surface area (Å²) >= 11 is 0. The smallest absolute Gasteiger partial charge is 0.215 e. The Labute approximate surface area is 118 Å². The van der Waals surface area contributed by atoms with Crippen molar-refractivity contribution in [3.63, 3.8) is 0 Å². The maximum atomic E-state index is 6.08. The van der Waals surface area contributed by atoms with E-state index in [1.54, 1.807) is 0 Å². The molecule has 2 aliphatic rings. The SMILES string of the molecule is CCc1ccc(-c2nn3c(c2C)O[C@H]2CC[C@@H]3C2)cn1. The zero-order chi connectivity index (χ0) is 13.7. The Kier molecular flexibility index (Phi) is 2.59. The third-order valence-corrected chi connectivity index (χ3v) is 4.53. The number of nitrogens with zero attached hydrogens (tertiary/aromatic N) is 3. The van der Waals surface area contributed by atoms with Crippen LogP contribution in [0.4, 0.5) is 0 Å². The molecule has 1 aliphatic heterocycles. The van der Waals surface area contributed by atoms with Gasteiger partial charge in [-0.05, 0) is 38.3 Å². The van der Waals surface area contributed by atoms with Crippen LogP contribution in [0, 0.1) is 6.92 Å². The van der Waals surface area contributed by atoms with E-state index in [-0.39, 0.29) is 0 Å². The van der Waals surface area contributed by atoms with Gasteiger partial charge in [-0.1, -0.05) is 6.92 Å². The van der Waals surface area contributed by atoms with Crippen molar-refractivity contribution in [2.24, 2.45) is 0 Å². The number of fused-ring (bicyclic) bond motifs is 4. The van der Waals surface area contributed by atoms with E-state index in [4.69, 9.17) is 9.84 Å². The zero-order valence-electron chi connectivity index (χ0n) is 12.0. The Morgan fingerprint density at radius 1 is 1.35 bits per heavy atom. The number of ether oxygens (including phenoxy) is 1. The van der Waals surface area contributed by atoms with Gasteiger partial charge in [0.15, 0.2) is 0 Å². The van der Waals surface area contributed by atoms with Crippen molar-refractivity contribution in [1.82, 2.24) is 14.8 Å². The molecule has 2 bridgehead atoms.